The third-order valence-corrected chi connectivity index (χ3v) is 13.9. The number of aromatic nitrogens is 2. The highest BCUT2D eigenvalue weighted by Gasteiger charge is 2.33. The van der Waals surface area contributed by atoms with Crippen molar-refractivity contribution in [3.8, 4) is 16.8 Å². The Morgan fingerprint density at radius 3 is 1.55 bits per heavy atom. The van der Waals surface area contributed by atoms with E-state index in [9.17, 15) is 0 Å². The summed E-state index contributed by atoms with van der Waals surface area (Å²) in [4.78, 5) is 10.1. The standard InChI is InChI=1S/C47H32N2OS/c1-4-16-36(17-5-1)51(37-18-6-2-7-19-37,38-20-8-3-9-21-38)39-22-14-15-33(29-39)34-27-28-46-42(30-34)43-31-35(32-48-47(43)50-46)49-44-25-12-10-23-40(44)41-24-11-13-26-45(41)49/h1-32H. The molecule has 7 aromatic carbocycles. The molecule has 242 valence electrons. The van der Waals surface area contributed by atoms with Gasteiger partial charge in [0.2, 0.25) is 5.71 Å². The molecule has 3 nitrogen and oxygen atoms in total. The zero-order chi connectivity index (χ0) is 33.8. The number of pyridine rings is 1. The van der Waals surface area contributed by atoms with Gasteiger partial charge in [-0.3, -0.25) is 0 Å². The van der Waals surface area contributed by atoms with E-state index in [0.29, 0.717) is 5.71 Å². The fraction of sp³-hybridized carbons (Fsp3) is 0. The van der Waals surface area contributed by atoms with E-state index in [0.717, 1.165) is 44.2 Å². The zero-order valence-electron chi connectivity index (χ0n) is 27.7. The number of hydrogen-bond donors (Lipinski definition) is 0. The number of rotatable bonds is 6. The number of furan rings is 1. The Hall–Kier alpha value is -6.36. The van der Waals surface area contributed by atoms with Gasteiger partial charge >= 0.3 is 0 Å². The molecule has 0 bridgehead atoms. The average Bonchev–Trinajstić information content (AvgIpc) is 3.74. The maximum atomic E-state index is 6.33. The normalized spacial score (nSPS) is 12.2. The molecule has 10 rings (SSSR count). The lowest BCUT2D eigenvalue weighted by Gasteiger charge is -2.42. The second-order valence-electron chi connectivity index (χ2n) is 12.8. The molecule has 3 heterocycles. The first-order valence-electron chi connectivity index (χ1n) is 17.2. The minimum absolute atomic E-state index is 0.640. The van der Waals surface area contributed by atoms with Gasteiger partial charge in [-0.1, -0.05) is 109 Å². The Morgan fingerprint density at radius 1 is 0.412 bits per heavy atom. The summed E-state index contributed by atoms with van der Waals surface area (Å²) in [6, 6.07) is 68.0. The van der Waals surface area contributed by atoms with Crippen LogP contribution in [0.4, 0.5) is 0 Å². The van der Waals surface area contributed by atoms with Gasteiger partial charge in [0, 0.05) is 35.7 Å². The third-order valence-electron chi connectivity index (χ3n) is 9.96. The van der Waals surface area contributed by atoms with Crippen LogP contribution in [-0.4, -0.2) is 9.55 Å². The van der Waals surface area contributed by atoms with Crippen LogP contribution in [0.25, 0.3) is 60.7 Å². The zero-order valence-corrected chi connectivity index (χ0v) is 28.5. The highest BCUT2D eigenvalue weighted by molar-refractivity contribution is 8.34. The van der Waals surface area contributed by atoms with Gasteiger partial charge in [0.15, 0.2) is 0 Å². The van der Waals surface area contributed by atoms with Crippen LogP contribution in [0.1, 0.15) is 0 Å². The first kappa shape index (κ1) is 29.5. The minimum Gasteiger partial charge on any atom is -0.438 e. The summed E-state index contributed by atoms with van der Waals surface area (Å²) in [5, 5.41) is 4.51. The first-order chi connectivity index (χ1) is 25.3. The highest BCUT2D eigenvalue weighted by Crippen LogP contribution is 2.73. The van der Waals surface area contributed by atoms with Crippen molar-refractivity contribution in [3.63, 3.8) is 0 Å². The number of para-hydroxylation sites is 2. The van der Waals surface area contributed by atoms with Crippen molar-refractivity contribution >= 4 is 53.9 Å². The Kier molecular flexibility index (Phi) is 6.90. The summed E-state index contributed by atoms with van der Waals surface area (Å²) in [5.41, 5.74) is 7.09. The van der Waals surface area contributed by atoms with Crippen LogP contribution in [0.15, 0.2) is 218 Å². The van der Waals surface area contributed by atoms with E-state index in [1.807, 2.05) is 6.20 Å². The van der Waals surface area contributed by atoms with Gasteiger partial charge in [0.05, 0.1) is 28.3 Å². The fourth-order valence-electron chi connectivity index (χ4n) is 7.71. The van der Waals surface area contributed by atoms with E-state index in [1.165, 1.54) is 30.4 Å². The molecule has 0 saturated carbocycles. The molecule has 0 N–H and O–H groups in total. The molecular formula is C47H32N2OS. The fourth-order valence-corrected chi connectivity index (χ4v) is 11.6. The van der Waals surface area contributed by atoms with E-state index < -0.39 is 10.0 Å². The van der Waals surface area contributed by atoms with Crippen LogP contribution in [0.2, 0.25) is 0 Å². The van der Waals surface area contributed by atoms with Crippen molar-refractivity contribution in [1.29, 1.82) is 0 Å². The summed E-state index contributed by atoms with van der Waals surface area (Å²) in [7, 11) is -1.81. The van der Waals surface area contributed by atoms with Crippen LogP contribution in [-0.2, 0) is 0 Å². The number of hydrogen-bond acceptors (Lipinski definition) is 2. The van der Waals surface area contributed by atoms with Gasteiger partial charge in [-0.2, -0.15) is 0 Å². The molecule has 0 aliphatic heterocycles. The van der Waals surface area contributed by atoms with E-state index in [4.69, 9.17) is 9.40 Å². The first-order valence-corrected chi connectivity index (χ1v) is 18.8. The molecule has 0 saturated heterocycles. The van der Waals surface area contributed by atoms with Gasteiger partial charge in [0.1, 0.15) is 5.58 Å². The predicted molar refractivity (Wildman–Crippen MR) is 211 cm³/mol. The van der Waals surface area contributed by atoms with Gasteiger partial charge in [-0.25, -0.2) is 4.98 Å². The lowest BCUT2D eigenvalue weighted by molar-refractivity contribution is 0.654. The van der Waals surface area contributed by atoms with Crippen molar-refractivity contribution < 1.29 is 4.42 Å². The van der Waals surface area contributed by atoms with Crippen LogP contribution in [0.3, 0.4) is 0 Å². The number of fused-ring (bicyclic) bond motifs is 6. The van der Waals surface area contributed by atoms with Crippen molar-refractivity contribution in [1.82, 2.24) is 9.55 Å². The molecule has 0 atom stereocenters. The topological polar surface area (TPSA) is 31.0 Å². The minimum atomic E-state index is -1.81. The van der Waals surface area contributed by atoms with Crippen molar-refractivity contribution in [3.05, 3.63) is 194 Å². The van der Waals surface area contributed by atoms with Crippen LogP contribution >= 0.6 is 10.0 Å². The van der Waals surface area contributed by atoms with Crippen molar-refractivity contribution in [2.45, 2.75) is 19.6 Å². The maximum Gasteiger partial charge on any atom is 0.227 e. The molecule has 0 amide bonds. The SMILES string of the molecule is c1ccc(S(c2ccccc2)(c2ccccc2)c2cccc(-c3ccc4oc5ncc(-n6c7ccccc7c7ccccc76)cc5c4c3)c2)cc1. The highest BCUT2D eigenvalue weighted by atomic mass is 32.3. The second kappa shape index (κ2) is 11.9. The monoisotopic (exact) mass is 672 g/mol. The molecular weight excluding hydrogens is 641 g/mol. The molecule has 0 aliphatic carbocycles. The molecule has 0 fully saturated rings. The van der Waals surface area contributed by atoms with E-state index >= 15 is 0 Å². The number of benzene rings is 7. The smallest absolute Gasteiger partial charge is 0.227 e. The Bertz CT molecular complexity index is 2710. The van der Waals surface area contributed by atoms with Gasteiger partial charge in [0.25, 0.3) is 0 Å². The molecule has 0 aliphatic rings. The van der Waals surface area contributed by atoms with Crippen molar-refractivity contribution in [2.75, 3.05) is 0 Å². The quantitative estimate of drug-likeness (QED) is 0.176. The summed E-state index contributed by atoms with van der Waals surface area (Å²) in [5.74, 6) is 0. The molecule has 0 unspecified atom stereocenters. The van der Waals surface area contributed by atoms with E-state index in [1.54, 1.807) is 0 Å². The largest absolute Gasteiger partial charge is 0.438 e. The lowest BCUT2D eigenvalue weighted by atomic mass is 10.0. The summed E-state index contributed by atoms with van der Waals surface area (Å²) >= 11 is 0. The van der Waals surface area contributed by atoms with Gasteiger partial charge < -0.3 is 8.98 Å². The average molecular weight is 673 g/mol. The lowest BCUT2D eigenvalue weighted by Crippen LogP contribution is -2.05. The summed E-state index contributed by atoms with van der Waals surface area (Å²) in [6.45, 7) is 0. The molecule has 4 heteroatoms. The third kappa shape index (κ3) is 4.64. The Labute approximate surface area is 297 Å². The van der Waals surface area contributed by atoms with E-state index in [-0.39, 0.29) is 0 Å². The molecule has 51 heavy (non-hydrogen) atoms. The predicted octanol–water partition coefficient (Wildman–Crippen LogP) is 13.1. The maximum absolute atomic E-state index is 6.33. The van der Waals surface area contributed by atoms with Crippen LogP contribution in [0.5, 0.6) is 0 Å². The number of nitrogens with zero attached hydrogens (tertiary/aromatic N) is 2. The summed E-state index contributed by atoms with van der Waals surface area (Å²) in [6.07, 6.45) is 1.92. The molecule has 10 aromatic rings. The molecule has 3 aromatic heterocycles. The Morgan fingerprint density at radius 2 is 0.941 bits per heavy atom. The van der Waals surface area contributed by atoms with E-state index in [2.05, 4.69) is 193 Å². The molecule has 0 radical (unpaired) electrons. The van der Waals surface area contributed by atoms with Crippen LogP contribution in [0, 0.1) is 0 Å². The molecule has 0 spiro atoms. The van der Waals surface area contributed by atoms with Gasteiger partial charge in [-0.15, -0.1) is 10.0 Å². The van der Waals surface area contributed by atoms with Gasteiger partial charge in [-0.05, 0) is 90.0 Å². The van der Waals surface area contributed by atoms with Crippen LogP contribution < -0.4 is 0 Å². The summed E-state index contributed by atoms with van der Waals surface area (Å²) < 4.78 is 8.63. The van der Waals surface area contributed by atoms with Crippen molar-refractivity contribution in [2.24, 2.45) is 0 Å². The Balaban J connectivity index is 1.16. The second-order valence-corrected chi connectivity index (χ2v) is 15.9.